The Morgan fingerprint density at radius 3 is 2.17 bits per heavy atom. The van der Waals surface area contributed by atoms with Crippen molar-refractivity contribution in [2.75, 3.05) is 12.0 Å². The van der Waals surface area contributed by atoms with E-state index < -0.39 is 48.0 Å². The number of aliphatic carboxylic acids is 1. The van der Waals surface area contributed by atoms with Gasteiger partial charge in [-0.2, -0.15) is 11.8 Å². The molecule has 0 saturated carbocycles. The van der Waals surface area contributed by atoms with Crippen LogP contribution in [0.1, 0.15) is 33.6 Å². The molecule has 24 heavy (non-hydrogen) atoms. The van der Waals surface area contributed by atoms with Crippen LogP contribution in [0.3, 0.4) is 0 Å². The van der Waals surface area contributed by atoms with Gasteiger partial charge in [0.15, 0.2) is 0 Å². The largest absolute Gasteiger partial charge is 0.480 e. The van der Waals surface area contributed by atoms with E-state index in [0.717, 1.165) is 0 Å². The minimum atomic E-state index is -1.45. The average molecular weight is 363 g/mol. The molecular weight excluding hydrogens is 338 g/mol. The Kier molecular flexibility index (Phi) is 9.19. The Labute approximate surface area is 145 Å². The fourth-order valence-electron chi connectivity index (χ4n) is 1.63. The minimum absolute atomic E-state index is 0.273. The summed E-state index contributed by atoms with van der Waals surface area (Å²) in [4.78, 5) is 46.0. The van der Waals surface area contributed by atoms with Crippen LogP contribution in [-0.4, -0.2) is 58.7 Å². The van der Waals surface area contributed by atoms with Crippen LogP contribution in [0.5, 0.6) is 0 Å². The normalized spacial score (nSPS) is 13.5. The van der Waals surface area contributed by atoms with E-state index in [-0.39, 0.29) is 6.42 Å². The van der Waals surface area contributed by atoms with Crippen molar-refractivity contribution < 1.29 is 29.0 Å². The number of carbonyl (C=O) groups excluding carboxylic acids is 3. The second-order valence-corrected chi connectivity index (χ2v) is 7.04. The molecule has 138 valence electrons. The summed E-state index contributed by atoms with van der Waals surface area (Å²) in [6.07, 6.45) is 0.776. The molecule has 0 aromatic rings. The molecular formula is C14H25N3O6S. The lowest BCUT2D eigenvalue weighted by molar-refractivity contribution is -0.143. The highest BCUT2D eigenvalue weighted by Gasteiger charge is 2.28. The van der Waals surface area contributed by atoms with Crippen molar-refractivity contribution in [2.24, 2.45) is 5.73 Å². The topological polar surface area (TPSA) is 148 Å². The van der Waals surface area contributed by atoms with Gasteiger partial charge in [0.25, 0.3) is 0 Å². The second-order valence-electron chi connectivity index (χ2n) is 6.05. The molecule has 0 aromatic heterocycles. The monoisotopic (exact) mass is 363 g/mol. The van der Waals surface area contributed by atoms with Crippen LogP contribution in [0.4, 0.5) is 4.79 Å². The third-order valence-electron chi connectivity index (χ3n) is 2.64. The highest BCUT2D eigenvalue weighted by atomic mass is 32.2. The number of thioether (sulfide) groups is 1. The standard InChI is InChI=1S/C14H25N3O6S/c1-14(2,3)23-13(22)17-8(5-6-24-4)11(19)16-9(12(20)21)7-10(15)18/h8-9H,5-7H2,1-4H3,(H2,15,18)(H,16,19)(H,17,22)(H,20,21)/t8-,9-/m0/s1. The predicted molar refractivity (Wildman–Crippen MR) is 89.5 cm³/mol. The number of ether oxygens (including phenoxy) is 1. The van der Waals surface area contributed by atoms with Crippen molar-refractivity contribution in [3.8, 4) is 0 Å². The van der Waals surface area contributed by atoms with Gasteiger partial charge in [-0.25, -0.2) is 9.59 Å². The quantitative estimate of drug-likeness (QED) is 0.453. The summed E-state index contributed by atoms with van der Waals surface area (Å²) in [6.45, 7) is 5.03. The van der Waals surface area contributed by atoms with Crippen molar-refractivity contribution in [3.63, 3.8) is 0 Å². The van der Waals surface area contributed by atoms with E-state index in [1.54, 1.807) is 20.8 Å². The molecule has 0 rings (SSSR count). The number of hydrogen-bond acceptors (Lipinski definition) is 6. The number of hydrogen-bond donors (Lipinski definition) is 4. The van der Waals surface area contributed by atoms with Gasteiger partial charge in [-0.3, -0.25) is 9.59 Å². The number of carbonyl (C=O) groups is 4. The van der Waals surface area contributed by atoms with Gasteiger partial charge >= 0.3 is 12.1 Å². The van der Waals surface area contributed by atoms with Crippen LogP contribution < -0.4 is 16.4 Å². The van der Waals surface area contributed by atoms with E-state index in [1.165, 1.54) is 11.8 Å². The summed E-state index contributed by atoms with van der Waals surface area (Å²) in [5.74, 6) is -2.41. The number of amides is 3. The summed E-state index contributed by atoms with van der Waals surface area (Å²) in [5.41, 5.74) is 4.23. The molecule has 0 radical (unpaired) electrons. The van der Waals surface area contributed by atoms with Crippen molar-refractivity contribution in [1.82, 2.24) is 10.6 Å². The van der Waals surface area contributed by atoms with Gasteiger partial charge in [-0.1, -0.05) is 0 Å². The van der Waals surface area contributed by atoms with E-state index in [4.69, 9.17) is 15.6 Å². The summed E-state index contributed by atoms with van der Waals surface area (Å²) in [5, 5.41) is 13.6. The number of nitrogens with one attached hydrogen (secondary N) is 2. The lowest BCUT2D eigenvalue weighted by Crippen LogP contribution is -2.53. The van der Waals surface area contributed by atoms with E-state index in [9.17, 15) is 19.2 Å². The fraction of sp³-hybridized carbons (Fsp3) is 0.714. The first-order valence-electron chi connectivity index (χ1n) is 7.26. The lowest BCUT2D eigenvalue weighted by Gasteiger charge is -2.24. The fourth-order valence-corrected chi connectivity index (χ4v) is 2.10. The first-order chi connectivity index (χ1) is 11.0. The SMILES string of the molecule is CSCC[C@H](NC(=O)OC(C)(C)C)C(=O)N[C@@H](CC(N)=O)C(=O)O. The zero-order valence-corrected chi connectivity index (χ0v) is 15.1. The summed E-state index contributed by atoms with van der Waals surface area (Å²) < 4.78 is 5.09. The number of rotatable bonds is 9. The number of carboxylic acids is 1. The number of nitrogens with two attached hydrogens (primary N) is 1. The zero-order valence-electron chi connectivity index (χ0n) is 14.3. The molecule has 0 heterocycles. The van der Waals surface area contributed by atoms with E-state index >= 15 is 0 Å². The molecule has 3 amide bonds. The first-order valence-corrected chi connectivity index (χ1v) is 8.65. The van der Waals surface area contributed by atoms with E-state index in [0.29, 0.717) is 5.75 Å². The van der Waals surface area contributed by atoms with E-state index in [1.807, 2.05) is 6.26 Å². The molecule has 0 spiro atoms. The van der Waals surface area contributed by atoms with Crippen LogP contribution >= 0.6 is 11.8 Å². The van der Waals surface area contributed by atoms with Crippen molar-refractivity contribution in [3.05, 3.63) is 0 Å². The molecule has 0 aliphatic rings. The van der Waals surface area contributed by atoms with Crippen LogP contribution in [-0.2, 0) is 19.1 Å². The second kappa shape index (κ2) is 10.0. The van der Waals surface area contributed by atoms with Gasteiger partial charge in [0.1, 0.15) is 17.7 Å². The maximum atomic E-state index is 12.2. The minimum Gasteiger partial charge on any atom is -0.480 e. The molecule has 0 aromatic carbocycles. The molecule has 0 fully saturated rings. The maximum absolute atomic E-state index is 12.2. The van der Waals surface area contributed by atoms with Crippen molar-refractivity contribution >= 4 is 35.6 Å². The molecule has 5 N–H and O–H groups in total. The van der Waals surface area contributed by atoms with Crippen LogP contribution in [0.15, 0.2) is 0 Å². The maximum Gasteiger partial charge on any atom is 0.408 e. The Morgan fingerprint density at radius 1 is 1.17 bits per heavy atom. The molecule has 0 aliphatic heterocycles. The first kappa shape index (κ1) is 22.0. The van der Waals surface area contributed by atoms with Gasteiger partial charge in [0.05, 0.1) is 6.42 Å². The Morgan fingerprint density at radius 2 is 1.75 bits per heavy atom. The number of carboxylic acid groups (broad SMARTS) is 1. The van der Waals surface area contributed by atoms with Gasteiger partial charge in [-0.15, -0.1) is 0 Å². The molecule has 2 atom stereocenters. The van der Waals surface area contributed by atoms with Gasteiger partial charge in [0.2, 0.25) is 11.8 Å². The van der Waals surface area contributed by atoms with Gasteiger partial charge in [-0.05, 0) is 39.2 Å². The summed E-state index contributed by atoms with van der Waals surface area (Å²) in [7, 11) is 0. The highest BCUT2D eigenvalue weighted by molar-refractivity contribution is 7.98. The highest BCUT2D eigenvalue weighted by Crippen LogP contribution is 2.08. The Bertz CT molecular complexity index is 478. The molecule has 0 bridgehead atoms. The average Bonchev–Trinajstić information content (AvgIpc) is 2.39. The molecule has 9 nitrogen and oxygen atoms in total. The van der Waals surface area contributed by atoms with Gasteiger partial charge in [0, 0.05) is 0 Å². The molecule has 10 heteroatoms. The Balaban J connectivity index is 4.94. The third kappa shape index (κ3) is 9.93. The number of primary amides is 1. The van der Waals surface area contributed by atoms with Crippen molar-refractivity contribution in [2.45, 2.75) is 51.3 Å². The van der Waals surface area contributed by atoms with Crippen LogP contribution in [0.2, 0.25) is 0 Å². The third-order valence-corrected chi connectivity index (χ3v) is 3.28. The molecule has 0 saturated heterocycles. The van der Waals surface area contributed by atoms with Gasteiger partial charge < -0.3 is 26.2 Å². The summed E-state index contributed by atoms with van der Waals surface area (Å²) >= 11 is 1.46. The van der Waals surface area contributed by atoms with E-state index in [2.05, 4.69) is 10.6 Å². The number of alkyl carbamates (subject to hydrolysis) is 1. The van der Waals surface area contributed by atoms with Crippen LogP contribution in [0.25, 0.3) is 0 Å². The molecule has 0 unspecified atom stereocenters. The Hall–Kier alpha value is -1.97. The zero-order chi connectivity index (χ0) is 18.9. The molecule has 0 aliphatic carbocycles. The van der Waals surface area contributed by atoms with Crippen LogP contribution in [0, 0.1) is 0 Å². The lowest BCUT2D eigenvalue weighted by atomic mass is 10.1. The van der Waals surface area contributed by atoms with Crippen molar-refractivity contribution in [1.29, 1.82) is 0 Å². The summed E-state index contributed by atoms with van der Waals surface area (Å²) in [6, 6.07) is -2.44. The predicted octanol–water partition coefficient (Wildman–Crippen LogP) is 0.0776. The smallest absolute Gasteiger partial charge is 0.408 e.